The van der Waals surface area contributed by atoms with Crippen LogP contribution in [0.4, 0.5) is 4.79 Å². The molecule has 2 amide bonds. The van der Waals surface area contributed by atoms with E-state index in [4.69, 9.17) is 5.84 Å². The molecule has 4 nitrogen and oxygen atoms in total. The van der Waals surface area contributed by atoms with Gasteiger partial charge < -0.3 is 4.90 Å². The maximum absolute atomic E-state index is 11.1. The zero-order valence-corrected chi connectivity index (χ0v) is 7.55. The van der Waals surface area contributed by atoms with Gasteiger partial charge in [0, 0.05) is 13.1 Å². The molecule has 0 unspecified atom stereocenters. The van der Waals surface area contributed by atoms with Crippen molar-refractivity contribution in [1.29, 1.82) is 0 Å². The molecule has 70 valence electrons. The van der Waals surface area contributed by atoms with Crippen molar-refractivity contribution in [2.24, 2.45) is 11.8 Å². The molecule has 3 N–H and O–H groups in total. The molecule has 0 aliphatic heterocycles. The van der Waals surface area contributed by atoms with Gasteiger partial charge in [-0.2, -0.15) is 0 Å². The largest absolute Gasteiger partial charge is 0.331 e. The molecule has 0 heterocycles. The van der Waals surface area contributed by atoms with Crippen LogP contribution in [0.1, 0.15) is 26.2 Å². The van der Waals surface area contributed by atoms with E-state index < -0.39 is 0 Å². The molecular formula is C8H17N3O. The van der Waals surface area contributed by atoms with Gasteiger partial charge in [-0.1, -0.05) is 6.42 Å². The van der Waals surface area contributed by atoms with Crippen molar-refractivity contribution in [3.63, 3.8) is 0 Å². The number of hydrogen-bond donors (Lipinski definition) is 2. The van der Waals surface area contributed by atoms with Gasteiger partial charge in [-0.3, -0.25) is 5.43 Å². The van der Waals surface area contributed by atoms with Crippen LogP contribution in [0.3, 0.4) is 0 Å². The molecule has 1 fully saturated rings. The average molecular weight is 171 g/mol. The van der Waals surface area contributed by atoms with Gasteiger partial charge in [-0.15, -0.1) is 0 Å². The van der Waals surface area contributed by atoms with Crippen LogP contribution in [0.2, 0.25) is 0 Å². The summed E-state index contributed by atoms with van der Waals surface area (Å²) in [6.07, 6.45) is 3.83. The highest BCUT2D eigenvalue weighted by Gasteiger charge is 2.21. The van der Waals surface area contributed by atoms with Crippen molar-refractivity contribution in [2.75, 3.05) is 13.1 Å². The zero-order chi connectivity index (χ0) is 8.97. The number of amides is 2. The second-order valence-corrected chi connectivity index (χ2v) is 3.29. The number of carbonyl (C=O) groups is 1. The van der Waals surface area contributed by atoms with E-state index in [0.717, 1.165) is 13.1 Å². The van der Waals surface area contributed by atoms with E-state index in [0.29, 0.717) is 5.92 Å². The number of hydrogen-bond acceptors (Lipinski definition) is 2. The first-order valence-electron chi connectivity index (χ1n) is 4.53. The number of urea groups is 1. The lowest BCUT2D eigenvalue weighted by Crippen LogP contribution is -2.46. The Kier molecular flexibility index (Phi) is 3.34. The molecule has 0 spiro atoms. The topological polar surface area (TPSA) is 58.4 Å². The first-order valence-corrected chi connectivity index (χ1v) is 4.53. The fourth-order valence-electron chi connectivity index (χ4n) is 1.43. The first kappa shape index (κ1) is 9.32. The van der Waals surface area contributed by atoms with Crippen molar-refractivity contribution < 1.29 is 4.79 Å². The molecule has 0 aromatic carbocycles. The Morgan fingerprint density at radius 3 is 2.67 bits per heavy atom. The van der Waals surface area contributed by atoms with E-state index in [2.05, 4.69) is 5.43 Å². The smallest absolute Gasteiger partial charge is 0.324 e. The molecule has 0 radical (unpaired) electrons. The molecule has 0 aromatic rings. The first-order chi connectivity index (χ1) is 5.77. The lowest BCUT2D eigenvalue weighted by atomic mass is 9.85. The highest BCUT2D eigenvalue weighted by atomic mass is 16.2. The third-order valence-electron chi connectivity index (χ3n) is 2.50. The molecule has 0 bridgehead atoms. The summed E-state index contributed by atoms with van der Waals surface area (Å²) in [5.41, 5.74) is 2.16. The van der Waals surface area contributed by atoms with Gasteiger partial charge in [-0.05, 0) is 25.7 Å². The maximum atomic E-state index is 11.1. The van der Waals surface area contributed by atoms with Gasteiger partial charge in [0.25, 0.3) is 0 Å². The second-order valence-electron chi connectivity index (χ2n) is 3.29. The van der Waals surface area contributed by atoms with E-state index in [1.165, 1.54) is 19.3 Å². The number of nitrogens with one attached hydrogen (secondary N) is 1. The summed E-state index contributed by atoms with van der Waals surface area (Å²) in [5.74, 6) is 5.75. The number of rotatable bonds is 3. The molecule has 0 saturated heterocycles. The molecular weight excluding hydrogens is 154 g/mol. The molecule has 4 heteroatoms. The summed E-state index contributed by atoms with van der Waals surface area (Å²) in [7, 11) is 0. The summed E-state index contributed by atoms with van der Waals surface area (Å²) in [6.45, 7) is 3.56. The quantitative estimate of drug-likeness (QED) is 0.373. The van der Waals surface area contributed by atoms with Crippen LogP contribution in [-0.2, 0) is 0 Å². The van der Waals surface area contributed by atoms with Crippen molar-refractivity contribution in [3.05, 3.63) is 0 Å². The minimum atomic E-state index is -0.163. The fourth-order valence-corrected chi connectivity index (χ4v) is 1.43. The van der Waals surface area contributed by atoms with Crippen molar-refractivity contribution in [1.82, 2.24) is 10.3 Å². The molecule has 0 aromatic heterocycles. The van der Waals surface area contributed by atoms with Crippen LogP contribution in [0.25, 0.3) is 0 Å². The van der Waals surface area contributed by atoms with Crippen LogP contribution in [0.15, 0.2) is 0 Å². The minimum absolute atomic E-state index is 0.163. The normalized spacial score (nSPS) is 16.8. The van der Waals surface area contributed by atoms with Crippen molar-refractivity contribution >= 4 is 6.03 Å². The van der Waals surface area contributed by atoms with Crippen LogP contribution < -0.4 is 11.3 Å². The fraction of sp³-hybridized carbons (Fsp3) is 0.875. The van der Waals surface area contributed by atoms with Crippen molar-refractivity contribution in [3.8, 4) is 0 Å². The van der Waals surface area contributed by atoms with Crippen LogP contribution in [-0.4, -0.2) is 24.0 Å². The lowest BCUT2D eigenvalue weighted by molar-refractivity contribution is 0.171. The van der Waals surface area contributed by atoms with E-state index in [-0.39, 0.29) is 6.03 Å². The molecule has 1 saturated carbocycles. The molecule has 0 atom stereocenters. The number of nitrogens with two attached hydrogens (primary N) is 1. The summed E-state index contributed by atoms with van der Waals surface area (Å²) in [5, 5.41) is 0. The highest BCUT2D eigenvalue weighted by Crippen LogP contribution is 2.26. The van der Waals surface area contributed by atoms with E-state index >= 15 is 0 Å². The molecule has 12 heavy (non-hydrogen) atoms. The van der Waals surface area contributed by atoms with Gasteiger partial charge in [0.2, 0.25) is 0 Å². The Morgan fingerprint density at radius 2 is 2.33 bits per heavy atom. The number of carbonyl (C=O) groups excluding carboxylic acids is 1. The summed E-state index contributed by atoms with van der Waals surface area (Å²) < 4.78 is 0. The summed E-state index contributed by atoms with van der Waals surface area (Å²) in [4.78, 5) is 12.9. The third kappa shape index (κ3) is 2.11. The van der Waals surface area contributed by atoms with Gasteiger partial charge in [0.15, 0.2) is 0 Å². The maximum Gasteiger partial charge on any atom is 0.331 e. The zero-order valence-electron chi connectivity index (χ0n) is 7.55. The van der Waals surface area contributed by atoms with Crippen LogP contribution >= 0.6 is 0 Å². The standard InChI is InChI=1S/C8H17N3O/c1-2-11(8(12)10-9)6-7-4-3-5-7/h7H,2-6,9H2,1H3,(H,10,12). The Morgan fingerprint density at radius 1 is 1.67 bits per heavy atom. The molecule has 1 rings (SSSR count). The van der Waals surface area contributed by atoms with Gasteiger partial charge in [-0.25, -0.2) is 10.6 Å². The Balaban J connectivity index is 2.28. The van der Waals surface area contributed by atoms with Gasteiger partial charge >= 0.3 is 6.03 Å². The SMILES string of the molecule is CCN(CC1CCC1)C(=O)NN. The van der Waals surface area contributed by atoms with E-state index in [1.807, 2.05) is 6.92 Å². The molecule has 1 aliphatic rings. The number of nitrogens with zero attached hydrogens (tertiary/aromatic N) is 1. The summed E-state index contributed by atoms with van der Waals surface area (Å²) >= 11 is 0. The van der Waals surface area contributed by atoms with Gasteiger partial charge in [0.1, 0.15) is 0 Å². The second kappa shape index (κ2) is 4.30. The lowest BCUT2D eigenvalue weighted by Gasteiger charge is -2.31. The van der Waals surface area contributed by atoms with E-state index in [9.17, 15) is 4.79 Å². The third-order valence-corrected chi connectivity index (χ3v) is 2.50. The number of hydrazine groups is 1. The Hall–Kier alpha value is -0.770. The highest BCUT2D eigenvalue weighted by molar-refractivity contribution is 5.73. The van der Waals surface area contributed by atoms with Gasteiger partial charge in [0.05, 0.1) is 0 Å². The predicted molar refractivity (Wildman–Crippen MR) is 47.3 cm³/mol. The monoisotopic (exact) mass is 171 g/mol. The summed E-state index contributed by atoms with van der Waals surface area (Å²) in [6, 6.07) is -0.163. The minimum Gasteiger partial charge on any atom is -0.324 e. The predicted octanol–water partition coefficient (Wildman–Crippen LogP) is 0.692. The van der Waals surface area contributed by atoms with E-state index in [1.54, 1.807) is 4.90 Å². The van der Waals surface area contributed by atoms with Crippen LogP contribution in [0, 0.1) is 5.92 Å². The van der Waals surface area contributed by atoms with Crippen LogP contribution in [0.5, 0.6) is 0 Å². The average Bonchev–Trinajstić information content (AvgIpc) is 2.02. The molecule has 1 aliphatic carbocycles. The van der Waals surface area contributed by atoms with Crippen molar-refractivity contribution in [2.45, 2.75) is 26.2 Å². The Bertz CT molecular complexity index is 156. The Labute approximate surface area is 73.1 Å².